The van der Waals surface area contributed by atoms with E-state index in [1.54, 1.807) is 24.8 Å². The minimum absolute atomic E-state index is 0.0862. The van der Waals surface area contributed by atoms with Crippen LogP contribution in [0.4, 0.5) is 5.69 Å². The monoisotopic (exact) mass is 332 g/mol. The van der Waals surface area contributed by atoms with Gasteiger partial charge in [-0.05, 0) is 44.5 Å². The van der Waals surface area contributed by atoms with Crippen molar-refractivity contribution in [2.75, 3.05) is 44.3 Å². The van der Waals surface area contributed by atoms with Crippen molar-refractivity contribution in [3.8, 4) is 0 Å². The Morgan fingerprint density at radius 3 is 2.46 bits per heavy atom. The molecular formula is C19H28N2O3. The SMILES string of the molecule is CCN(CC(C)(C)O)C(=O)C=Cc1ccc(N2CCOCC2)cc1. The van der Waals surface area contributed by atoms with E-state index in [9.17, 15) is 9.90 Å². The molecule has 0 saturated carbocycles. The molecule has 1 aromatic rings. The zero-order valence-electron chi connectivity index (χ0n) is 14.9. The smallest absolute Gasteiger partial charge is 0.246 e. The van der Waals surface area contributed by atoms with Gasteiger partial charge in [-0.15, -0.1) is 0 Å². The van der Waals surface area contributed by atoms with Gasteiger partial charge in [0.1, 0.15) is 0 Å². The van der Waals surface area contributed by atoms with Crippen LogP contribution in [0.5, 0.6) is 0 Å². The van der Waals surface area contributed by atoms with Crippen molar-refractivity contribution >= 4 is 17.7 Å². The summed E-state index contributed by atoms with van der Waals surface area (Å²) in [4.78, 5) is 16.2. The van der Waals surface area contributed by atoms with Crippen LogP contribution >= 0.6 is 0 Å². The van der Waals surface area contributed by atoms with E-state index in [1.165, 1.54) is 5.69 Å². The Morgan fingerprint density at radius 2 is 1.92 bits per heavy atom. The molecule has 2 rings (SSSR count). The van der Waals surface area contributed by atoms with Crippen LogP contribution in [0.1, 0.15) is 26.3 Å². The fourth-order valence-electron chi connectivity index (χ4n) is 2.70. The van der Waals surface area contributed by atoms with Gasteiger partial charge in [0.05, 0.1) is 18.8 Å². The molecule has 1 heterocycles. The number of likely N-dealkylation sites (N-methyl/N-ethyl adjacent to an activating group) is 1. The van der Waals surface area contributed by atoms with Crippen LogP contribution in [-0.2, 0) is 9.53 Å². The lowest BCUT2D eigenvalue weighted by Gasteiger charge is -2.28. The number of carbonyl (C=O) groups is 1. The van der Waals surface area contributed by atoms with Crippen molar-refractivity contribution in [3.63, 3.8) is 0 Å². The minimum Gasteiger partial charge on any atom is -0.389 e. The first-order chi connectivity index (χ1) is 11.4. The van der Waals surface area contributed by atoms with Gasteiger partial charge >= 0.3 is 0 Å². The lowest BCUT2D eigenvalue weighted by atomic mass is 10.1. The molecule has 0 atom stereocenters. The number of benzene rings is 1. The van der Waals surface area contributed by atoms with Crippen molar-refractivity contribution < 1.29 is 14.6 Å². The Balaban J connectivity index is 1.96. The van der Waals surface area contributed by atoms with Crippen LogP contribution in [0.3, 0.4) is 0 Å². The fourth-order valence-corrected chi connectivity index (χ4v) is 2.70. The molecule has 0 bridgehead atoms. The minimum atomic E-state index is -0.890. The normalized spacial score (nSPS) is 15.8. The highest BCUT2D eigenvalue weighted by Crippen LogP contribution is 2.17. The summed E-state index contributed by atoms with van der Waals surface area (Å²) in [5.41, 5.74) is 1.28. The first kappa shape index (κ1) is 18.5. The summed E-state index contributed by atoms with van der Waals surface area (Å²) in [6, 6.07) is 8.18. The number of morpholine rings is 1. The highest BCUT2D eigenvalue weighted by molar-refractivity contribution is 5.91. The van der Waals surface area contributed by atoms with E-state index in [0.29, 0.717) is 13.1 Å². The predicted molar refractivity (Wildman–Crippen MR) is 97.1 cm³/mol. The summed E-state index contributed by atoms with van der Waals surface area (Å²) in [6.45, 7) is 9.58. The highest BCUT2D eigenvalue weighted by Gasteiger charge is 2.19. The fraction of sp³-hybridized carbons (Fsp3) is 0.526. The van der Waals surface area contributed by atoms with Crippen LogP contribution < -0.4 is 4.90 Å². The molecule has 0 aliphatic carbocycles. The molecular weight excluding hydrogens is 304 g/mol. The Hall–Kier alpha value is -1.85. The molecule has 5 heteroatoms. The number of carbonyl (C=O) groups excluding carboxylic acids is 1. The van der Waals surface area contributed by atoms with Gasteiger partial charge in [-0.2, -0.15) is 0 Å². The standard InChI is InChI=1S/C19H28N2O3/c1-4-20(15-19(2,3)23)18(22)10-7-16-5-8-17(9-6-16)21-11-13-24-14-12-21/h5-10,23H,4,11-15H2,1-3H3. The molecule has 1 N–H and O–H groups in total. The number of hydrogen-bond acceptors (Lipinski definition) is 4. The van der Waals surface area contributed by atoms with E-state index in [2.05, 4.69) is 17.0 Å². The summed E-state index contributed by atoms with van der Waals surface area (Å²) in [5, 5.41) is 9.88. The van der Waals surface area contributed by atoms with E-state index < -0.39 is 5.60 Å². The average molecular weight is 332 g/mol. The number of ether oxygens (including phenoxy) is 1. The maximum atomic E-state index is 12.2. The Bertz CT molecular complexity index is 555. The number of hydrogen-bond donors (Lipinski definition) is 1. The van der Waals surface area contributed by atoms with Crippen LogP contribution in [0.15, 0.2) is 30.3 Å². The molecule has 0 aromatic heterocycles. The lowest BCUT2D eigenvalue weighted by Crippen LogP contribution is -2.41. The zero-order valence-corrected chi connectivity index (χ0v) is 14.9. The summed E-state index contributed by atoms with van der Waals surface area (Å²) < 4.78 is 5.36. The van der Waals surface area contributed by atoms with Gasteiger partial charge in [-0.25, -0.2) is 0 Å². The summed E-state index contributed by atoms with van der Waals surface area (Å²) >= 11 is 0. The molecule has 1 amide bonds. The Labute approximate surface area is 144 Å². The second-order valence-corrected chi connectivity index (χ2v) is 6.69. The second kappa shape index (κ2) is 8.31. The average Bonchev–Trinajstić information content (AvgIpc) is 2.58. The van der Waals surface area contributed by atoms with Crippen LogP contribution in [0, 0.1) is 0 Å². The maximum absolute atomic E-state index is 12.2. The number of nitrogens with zero attached hydrogens (tertiary/aromatic N) is 2. The molecule has 0 spiro atoms. The van der Waals surface area contributed by atoms with Gasteiger partial charge in [-0.1, -0.05) is 12.1 Å². The van der Waals surface area contributed by atoms with Crippen molar-refractivity contribution in [1.29, 1.82) is 0 Å². The number of rotatable bonds is 6. The maximum Gasteiger partial charge on any atom is 0.246 e. The number of anilines is 1. The first-order valence-electron chi connectivity index (χ1n) is 8.51. The molecule has 132 valence electrons. The van der Waals surface area contributed by atoms with E-state index in [1.807, 2.05) is 25.1 Å². The Kier molecular flexibility index (Phi) is 6.40. The number of amides is 1. The molecule has 1 saturated heterocycles. The third-order valence-corrected chi connectivity index (χ3v) is 3.96. The van der Waals surface area contributed by atoms with E-state index in [4.69, 9.17) is 4.74 Å². The molecule has 5 nitrogen and oxygen atoms in total. The summed E-state index contributed by atoms with van der Waals surface area (Å²) in [6.07, 6.45) is 3.39. The molecule has 24 heavy (non-hydrogen) atoms. The zero-order chi connectivity index (χ0) is 17.6. The third kappa shape index (κ3) is 5.65. The molecule has 1 aliphatic heterocycles. The predicted octanol–water partition coefficient (Wildman–Crippen LogP) is 2.16. The van der Waals surface area contributed by atoms with Crippen LogP contribution in [0.2, 0.25) is 0 Å². The van der Waals surface area contributed by atoms with E-state index in [0.717, 1.165) is 31.9 Å². The highest BCUT2D eigenvalue weighted by atomic mass is 16.5. The summed E-state index contributed by atoms with van der Waals surface area (Å²) in [5.74, 6) is -0.0862. The largest absolute Gasteiger partial charge is 0.389 e. The van der Waals surface area contributed by atoms with Crippen molar-refractivity contribution in [2.45, 2.75) is 26.4 Å². The van der Waals surface area contributed by atoms with E-state index in [-0.39, 0.29) is 5.91 Å². The van der Waals surface area contributed by atoms with Gasteiger partial charge < -0.3 is 19.6 Å². The topological polar surface area (TPSA) is 53.0 Å². The van der Waals surface area contributed by atoms with Crippen LogP contribution in [-0.4, -0.2) is 60.9 Å². The van der Waals surface area contributed by atoms with Crippen LogP contribution in [0.25, 0.3) is 6.08 Å². The van der Waals surface area contributed by atoms with Gasteiger partial charge in [0.15, 0.2) is 0 Å². The first-order valence-corrected chi connectivity index (χ1v) is 8.51. The summed E-state index contributed by atoms with van der Waals surface area (Å²) in [7, 11) is 0. The number of aliphatic hydroxyl groups is 1. The molecule has 0 unspecified atom stereocenters. The Morgan fingerprint density at radius 1 is 1.29 bits per heavy atom. The van der Waals surface area contributed by atoms with E-state index >= 15 is 0 Å². The second-order valence-electron chi connectivity index (χ2n) is 6.69. The third-order valence-electron chi connectivity index (χ3n) is 3.96. The lowest BCUT2D eigenvalue weighted by molar-refractivity contribution is -0.128. The van der Waals surface area contributed by atoms with Crippen molar-refractivity contribution in [2.24, 2.45) is 0 Å². The molecule has 1 aliphatic rings. The van der Waals surface area contributed by atoms with Gasteiger partial charge in [-0.3, -0.25) is 4.79 Å². The molecule has 0 radical (unpaired) electrons. The van der Waals surface area contributed by atoms with Gasteiger partial charge in [0.2, 0.25) is 5.91 Å². The quantitative estimate of drug-likeness (QED) is 0.811. The molecule has 1 aromatic carbocycles. The van der Waals surface area contributed by atoms with Gasteiger partial charge in [0.25, 0.3) is 0 Å². The van der Waals surface area contributed by atoms with Crippen molar-refractivity contribution in [3.05, 3.63) is 35.9 Å². The van der Waals surface area contributed by atoms with Gasteiger partial charge in [0, 0.05) is 37.9 Å². The van der Waals surface area contributed by atoms with Crippen molar-refractivity contribution in [1.82, 2.24) is 4.90 Å². The molecule has 1 fully saturated rings.